The number of aryl methyl sites for hydroxylation is 1. The minimum Gasteiger partial charge on any atom is -0.410 e. The normalized spacial score (nSPS) is 15.8. The molecular weight excluding hydrogens is 218 g/mol. The van der Waals surface area contributed by atoms with Crippen LogP contribution in [0.4, 0.5) is 0 Å². The minimum atomic E-state index is -0.0944. The van der Waals surface area contributed by atoms with Crippen molar-refractivity contribution in [2.75, 3.05) is 0 Å². The van der Waals surface area contributed by atoms with Crippen LogP contribution in [0.1, 0.15) is 27.3 Å². The number of carbonyl (C=O) groups excluding carboxylic acids is 1. The van der Waals surface area contributed by atoms with Gasteiger partial charge in [0.15, 0.2) is 0 Å². The average Bonchev–Trinajstić information content (AvgIpc) is 2.73. The van der Waals surface area contributed by atoms with Gasteiger partial charge >= 0.3 is 0 Å². The number of hydrogen-bond donors (Lipinski definition) is 1. The lowest BCUT2D eigenvalue weighted by atomic mass is 9.89. The molecule has 17 heavy (non-hydrogen) atoms. The van der Waals surface area contributed by atoms with E-state index in [4.69, 9.17) is 5.21 Å². The van der Waals surface area contributed by atoms with Crippen LogP contribution in [0.25, 0.3) is 0 Å². The summed E-state index contributed by atoms with van der Waals surface area (Å²) in [4.78, 5) is 16.4. The van der Waals surface area contributed by atoms with E-state index >= 15 is 0 Å². The molecule has 0 unspecified atom stereocenters. The first kappa shape index (κ1) is 9.77. The first-order valence-electron chi connectivity index (χ1n) is 5.12. The van der Waals surface area contributed by atoms with E-state index < -0.39 is 0 Å². The summed E-state index contributed by atoms with van der Waals surface area (Å²) in [5, 5.41) is 12.4. The second-order valence-electron chi connectivity index (χ2n) is 3.88. The molecule has 0 amide bonds. The predicted molar refractivity (Wildman–Crippen MR) is 60.5 cm³/mol. The number of carbonyl (C=O) groups is 1. The Bertz CT molecular complexity index is 656. The first-order valence-corrected chi connectivity index (χ1v) is 5.12. The van der Waals surface area contributed by atoms with Crippen molar-refractivity contribution in [3.8, 4) is 0 Å². The van der Waals surface area contributed by atoms with Gasteiger partial charge < -0.3 is 9.77 Å². The zero-order valence-electron chi connectivity index (χ0n) is 9.08. The van der Waals surface area contributed by atoms with Crippen molar-refractivity contribution in [3.63, 3.8) is 0 Å². The molecule has 5 heteroatoms. The highest BCUT2D eigenvalue weighted by Crippen LogP contribution is 2.26. The number of oxime groups is 1. The van der Waals surface area contributed by atoms with Gasteiger partial charge in [0.05, 0.1) is 6.33 Å². The molecule has 3 rings (SSSR count). The Morgan fingerprint density at radius 1 is 1.29 bits per heavy atom. The Hall–Kier alpha value is -2.43. The van der Waals surface area contributed by atoms with Crippen molar-refractivity contribution in [2.24, 2.45) is 12.2 Å². The number of aromatic nitrogens is 2. The van der Waals surface area contributed by atoms with Gasteiger partial charge in [-0.15, -0.1) is 0 Å². The number of fused-ring (bicyclic) bond motifs is 2. The summed E-state index contributed by atoms with van der Waals surface area (Å²) in [6.07, 6.45) is 1.54. The smallest absolute Gasteiger partial charge is 0.212 e. The second-order valence-corrected chi connectivity index (χ2v) is 3.88. The molecule has 1 heterocycles. The van der Waals surface area contributed by atoms with Crippen molar-refractivity contribution >= 4 is 11.5 Å². The monoisotopic (exact) mass is 227 g/mol. The van der Waals surface area contributed by atoms with Crippen molar-refractivity contribution in [2.45, 2.75) is 0 Å². The van der Waals surface area contributed by atoms with Crippen molar-refractivity contribution in [1.29, 1.82) is 0 Å². The van der Waals surface area contributed by atoms with Gasteiger partial charge in [-0.05, 0) is 0 Å². The van der Waals surface area contributed by atoms with Gasteiger partial charge in [-0.1, -0.05) is 29.4 Å². The molecule has 0 saturated carbocycles. The quantitative estimate of drug-likeness (QED) is 0.463. The van der Waals surface area contributed by atoms with Crippen LogP contribution in [0, 0.1) is 0 Å². The third-order valence-corrected chi connectivity index (χ3v) is 2.90. The molecule has 0 radical (unpaired) electrons. The van der Waals surface area contributed by atoms with Crippen LogP contribution in [-0.4, -0.2) is 26.3 Å². The lowest BCUT2D eigenvalue weighted by Crippen LogP contribution is -2.23. The Balaban J connectivity index is 2.39. The summed E-state index contributed by atoms with van der Waals surface area (Å²) in [5.74, 6) is -0.0944. The number of ketones is 1. The van der Waals surface area contributed by atoms with E-state index in [1.54, 1.807) is 42.2 Å². The van der Waals surface area contributed by atoms with E-state index in [2.05, 4.69) is 10.1 Å². The Kier molecular flexibility index (Phi) is 1.89. The molecule has 5 nitrogen and oxygen atoms in total. The van der Waals surface area contributed by atoms with Crippen LogP contribution >= 0.6 is 0 Å². The molecule has 0 saturated heterocycles. The van der Waals surface area contributed by atoms with E-state index in [0.29, 0.717) is 28.2 Å². The van der Waals surface area contributed by atoms with Gasteiger partial charge in [0.25, 0.3) is 0 Å². The summed E-state index contributed by atoms with van der Waals surface area (Å²) < 4.78 is 1.64. The minimum absolute atomic E-state index is 0.0944. The molecule has 0 spiro atoms. The van der Waals surface area contributed by atoms with E-state index in [0.717, 1.165) is 0 Å². The molecule has 0 atom stereocenters. The SMILES string of the molecule is Cn1cnc2c1C(=O)c1ccccc1C2=NO. The molecule has 1 aromatic heterocycles. The number of hydrogen-bond acceptors (Lipinski definition) is 4. The summed E-state index contributed by atoms with van der Waals surface area (Å²) in [5.41, 5.74) is 2.38. The summed E-state index contributed by atoms with van der Waals surface area (Å²) in [6, 6.07) is 7.05. The zero-order chi connectivity index (χ0) is 12.0. The first-order chi connectivity index (χ1) is 8.24. The van der Waals surface area contributed by atoms with Crippen LogP contribution in [0.15, 0.2) is 35.7 Å². The van der Waals surface area contributed by atoms with Gasteiger partial charge in [0.1, 0.15) is 17.1 Å². The topological polar surface area (TPSA) is 67.5 Å². The largest absolute Gasteiger partial charge is 0.410 e. The fraction of sp³-hybridized carbons (Fsp3) is 0.0833. The maximum atomic E-state index is 12.3. The van der Waals surface area contributed by atoms with Crippen LogP contribution in [-0.2, 0) is 7.05 Å². The molecule has 0 fully saturated rings. The number of imidazole rings is 1. The average molecular weight is 227 g/mol. The Morgan fingerprint density at radius 3 is 2.71 bits per heavy atom. The predicted octanol–water partition coefficient (Wildman–Crippen LogP) is 1.19. The standard InChI is InChI=1S/C12H9N3O2/c1-15-6-13-10-9(14-17)7-4-2-3-5-8(7)12(16)11(10)15/h2-6,17H,1H3. The van der Waals surface area contributed by atoms with Gasteiger partial charge in [-0.25, -0.2) is 4.98 Å². The fourth-order valence-electron chi connectivity index (χ4n) is 2.12. The van der Waals surface area contributed by atoms with Gasteiger partial charge in [-0.2, -0.15) is 0 Å². The number of benzene rings is 1. The second kappa shape index (κ2) is 3.28. The molecule has 0 aliphatic heterocycles. The lowest BCUT2D eigenvalue weighted by Gasteiger charge is -2.15. The molecule has 1 aromatic carbocycles. The highest BCUT2D eigenvalue weighted by atomic mass is 16.4. The third-order valence-electron chi connectivity index (χ3n) is 2.90. The molecule has 2 aromatic rings. The van der Waals surface area contributed by atoms with Crippen molar-refractivity contribution < 1.29 is 10.0 Å². The highest BCUT2D eigenvalue weighted by Gasteiger charge is 2.31. The van der Waals surface area contributed by atoms with Gasteiger partial charge in [-0.3, -0.25) is 4.79 Å². The molecule has 1 aliphatic rings. The third kappa shape index (κ3) is 1.16. The van der Waals surface area contributed by atoms with Gasteiger partial charge in [0.2, 0.25) is 5.78 Å². The van der Waals surface area contributed by atoms with Crippen LogP contribution in [0.2, 0.25) is 0 Å². The lowest BCUT2D eigenvalue weighted by molar-refractivity contribution is 0.103. The summed E-state index contributed by atoms with van der Waals surface area (Å²) >= 11 is 0. The van der Waals surface area contributed by atoms with Crippen LogP contribution < -0.4 is 0 Å². The fourth-order valence-corrected chi connectivity index (χ4v) is 2.12. The summed E-state index contributed by atoms with van der Waals surface area (Å²) in [7, 11) is 1.74. The van der Waals surface area contributed by atoms with Crippen molar-refractivity contribution in [3.05, 3.63) is 53.1 Å². The molecule has 84 valence electrons. The highest BCUT2D eigenvalue weighted by molar-refractivity contribution is 6.28. The van der Waals surface area contributed by atoms with Crippen molar-refractivity contribution in [1.82, 2.24) is 9.55 Å². The molecule has 1 aliphatic carbocycles. The van der Waals surface area contributed by atoms with Crippen LogP contribution in [0.3, 0.4) is 0 Å². The van der Waals surface area contributed by atoms with Gasteiger partial charge in [0, 0.05) is 18.2 Å². The van der Waals surface area contributed by atoms with Crippen LogP contribution in [0.5, 0.6) is 0 Å². The zero-order valence-corrected chi connectivity index (χ0v) is 9.08. The van der Waals surface area contributed by atoms with E-state index in [9.17, 15) is 4.79 Å². The number of nitrogens with zero attached hydrogens (tertiary/aromatic N) is 3. The Labute approximate surface area is 97.0 Å². The molecular formula is C12H9N3O2. The van der Waals surface area contributed by atoms with E-state index in [1.807, 2.05) is 0 Å². The molecule has 0 bridgehead atoms. The maximum Gasteiger partial charge on any atom is 0.212 e. The molecule has 1 N–H and O–H groups in total. The maximum absolute atomic E-state index is 12.3. The number of rotatable bonds is 0. The van der Waals surface area contributed by atoms with E-state index in [1.165, 1.54) is 0 Å². The summed E-state index contributed by atoms with van der Waals surface area (Å²) in [6.45, 7) is 0. The van der Waals surface area contributed by atoms with E-state index in [-0.39, 0.29) is 5.78 Å². The Morgan fingerprint density at radius 2 is 2.00 bits per heavy atom.